The topological polar surface area (TPSA) is 26.3 Å². The van der Waals surface area contributed by atoms with Crippen molar-refractivity contribution in [2.45, 2.75) is 0 Å². The minimum atomic E-state index is -0.461. The lowest BCUT2D eigenvalue weighted by atomic mass is 10.8. The van der Waals surface area contributed by atoms with Crippen molar-refractivity contribution in [3.8, 4) is 0 Å². The quantitative estimate of drug-likeness (QED) is 0.537. The zero-order valence-electron chi connectivity index (χ0n) is 3.81. The van der Waals surface area contributed by atoms with E-state index in [1.165, 1.54) is 7.11 Å². The maximum absolute atomic E-state index is 9.68. The summed E-state index contributed by atoms with van der Waals surface area (Å²) in [5, 5.41) is -0.461. The van der Waals surface area contributed by atoms with Crippen LogP contribution < -0.4 is 0 Å². The van der Waals surface area contributed by atoms with Crippen molar-refractivity contribution >= 4 is 29.3 Å². The lowest BCUT2D eigenvalue weighted by Crippen LogP contribution is -1.95. The van der Waals surface area contributed by atoms with E-state index >= 15 is 0 Å². The summed E-state index contributed by atoms with van der Waals surface area (Å²) in [6.45, 7) is 0.00154. The zero-order chi connectivity index (χ0) is 4.99. The van der Waals surface area contributed by atoms with Crippen molar-refractivity contribution in [1.29, 1.82) is 0 Å². The van der Waals surface area contributed by atoms with Crippen LogP contribution in [0, 0.1) is 0 Å². The molecular formula is C3H6Cl2O2. The summed E-state index contributed by atoms with van der Waals surface area (Å²) < 4.78 is 4.32. The van der Waals surface area contributed by atoms with E-state index in [9.17, 15) is 4.79 Å². The van der Waals surface area contributed by atoms with E-state index in [1.807, 2.05) is 0 Å². The molecule has 0 aliphatic carbocycles. The molecule has 0 unspecified atom stereocenters. The van der Waals surface area contributed by atoms with E-state index in [0.717, 1.165) is 0 Å². The van der Waals surface area contributed by atoms with Crippen LogP contribution in [0.5, 0.6) is 0 Å². The van der Waals surface area contributed by atoms with Crippen molar-refractivity contribution in [2.24, 2.45) is 0 Å². The number of hydrogen-bond donors (Lipinski definition) is 0. The van der Waals surface area contributed by atoms with Crippen molar-refractivity contribution in [2.75, 3.05) is 13.7 Å². The van der Waals surface area contributed by atoms with Gasteiger partial charge in [0, 0.05) is 7.11 Å². The van der Waals surface area contributed by atoms with E-state index in [0.29, 0.717) is 0 Å². The summed E-state index contributed by atoms with van der Waals surface area (Å²) >= 11 is 4.81. The van der Waals surface area contributed by atoms with E-state index < -0.39 is 5.24 Å². The molecule has 0 radical (unpaired) electrons. The summed E-state index contributed by atoms with van der Waals surface area (Å²) in [5.41, 5.74) is 0. The lowest BCUT2D eigenvalue weighted by Gasteiger charge is -1.82. The van der Waals surface area contributed by atoms with E-state index in [1.54, 1.807) is 0 Å². The molecule has 0 aromatic heterocycles. The van der Waals surface area contributed by atoms with Gasteiger partial charge in [-0.3, -0.25) is 4.79 Å². The number of carbonyl (C=O) groups is 1. The van der Waals surface area contributed by atoms with Gasteiger partial charge in [-0.2, -0.15) is 0 Å². The van der Waals surface area contributed by atoms with E-state index in [4.69, 9.17) is 11.6 Å². The fourth-order valence-electron chi connectivity index (χ4n) is 0.113. The molecule has 0 aliphatic heterocycles. The van der Waals surface area contributed by atoms with Crippen LogP contribution in [-0.2, 0) is 9.53 Å². The van der Waals surface area contributed by atoms with Crippen LogP contribution in [0.4, 0.5) is 0 Å². The summed E-state index contributed by atoms with van der Waals surface area (Å²) in [4.78, 5) is 9.68. The van der Waals surface area contributed by atoms with Gasteiger partial charge in [0.05, 0.1) is 0 Å². The largest absolute Gasteiger partial charge is 0.376 e. The predicted octanol–water partition coefficient (Wildman–Crippen LogP) is 0.820. The van der Waals surface area contributed by atoms with Gasteiger partial charge in [0.1, 0.15) is 6.61 Å². The Balaban J connectivity index is 0. The third-order valence-corrected chi connectivity index (χ3v) is 0.367. The van der Waals surface area contributed by atoms with Gasteiger partial charge in [-0.15, -0.1) is 12.4 Å². The Labute approximate surface area is 53.2 Å². The summed E-state index contributed by atoms with van der Waals surface area (Å²) in [6.07, 6.45) is 0. The average molecular weight is 145 g/mol. The van der Waals surface area contributed by atoms with Gasteiger partial charge in [-0.05, 0) is 11.6 Å². The monoisotopic (exact) mass is 144 g/mol. The van der Waals surface area contributed by atoms with Gasteiger partial charge < -0.3 is 4.74 Å². The Bertz CT molecular complexity index is 54.9. The standard InChI is InChI=1S/C3H5ClO2.ClH/c1-6-2-3(4)5;/h2H2,1H3;1H. The molecule has 0 heterocycles. The number of rotatable bonds is 2. The fourth-order valence-corrected chi connectivity index (χ4v) is 0.223. The van der Waals surface area contributed by atoms with E-state index in [-0.39, 0.29) is 19.0 Å². The van der Waals surface area contributed by atoms with Crippen molar-refractivity contribution in [1.82, 2.24) is 0 Å². The van der Waals surface area contributed by atoms with Crippen LogP contribution >= 0.6 is 24.0 Å². The molecule has 7 heavy (non-hydrogen) atoms. The number of hydrogen-bond acceptors (Lipinski definition) is 2. The van der Waals surface area contributed by atoms with E-state index in [2.05, 4.69) is 4.74 Å². The van der Waals surface area contributed by atoms with Crippen LogP contribution in [0.3, 0.4) is 0 Å². The first-order chi connectivity index (χ1) is 2.77. The lowest BCUT2D eigenvalue weighted by molar-refractivity contribution is -0.114. The third kappa shape index (κ3) is 10.7. The molecule has 0 amide bonds. The smallest absolute Gasteiger partial charge is 0.247 e. The molecule has 0 N–H and O–H groups in total. The SMILES string of the molecule is COCC(=O)Cl.Cl. The number of methoxy groups -OCH3 is 1. The molecule has 0 aromatic carbocycles. The predicted molar refractivity (Wildman–Crippen MR) is 30.0 cm³/mol. The molecule has 4 heteroatoms. The normalized spacial score (nSPS) is 7.14. The second kappa shape index (κ2) is 6.21. The van der Waals surface area contributed by atoms with Crippen LogP contribution in [0.2, 0.25) is 0 Å². The highest BCUT2D eigenvalue weighted by Crippen LogP contribution is 1.76. The van der Waals surface area contributed by atoms with Crippen molar-refractivity contribution in [3.05, 3.63) is 0 Å². The first kappa shape index (κ1) is 10.2. The van der Waals surface area contributed by atoms with Crippen LogP contribution in [0.1, 0.15) is 0 Å². The molecule has 0 atom stereocenters. The van der Waals surface area contributed by atoms with Crippen molar-refractivity contribution < 1.29 is 9.53 Å². The van der Waals surface area contributed by atoms with Gasteiger partial charge >= 0.3 is 0 Å². The Morgan fingerprint density at radius 3 is 2.29 bits per heavy atom. The molecule has 44 valence electrons. The highest BCUT2D eigenvalue weighted by atomic mass is 35.5. The number of carbonyl (C=O) groups excluding carboxylic acids is 1. The van der Waals surface area contributed by atoms with Gasteiger partial charge in [0.25, 0.3) is 0 Å². The molecule has 0 bridgehead atoms. The molecular weight excluding hydrogens is 139 g/mol. The van der Waals surface area contributed by atoms with Gasteiger partial charge in [0.2, 0.25) is 5.24 Å². The second-order valence-corrected chi connectivity index (χ2v) is 1.21. The summed E-state index contributed by atoms with van der Waals surface area (Å²) in [7, 11) is 1.42. The number of halogens is 2. The summed E-state index contributed by atoms with van der Waals surface area (Å²) in [6, 6.07) is 0. The minimum Gasteiger partial charge on any atom is -0.376 e. The Hall–Kier alpha value is 0.210. The Kier molecular flexibility index (Phi) is 9.09. The Morgan fingerprint density at radius 2 is 2.29 bits per heavy atom. The molecule has 0 aromatic rings. The van der Waals surface area contributed by atoms with Crippen LogP contribution in [0.15, 0.2) is 0 Å². The molecule has 0 spiro atoms. The molecule has 0 rings (SSSR count). The van der Waals surface area contributed by atoms with Gasteiger partial charge in [0.15, 0.2) is 0 Å². The van der Waals surface area contributed by atoms with Crippen molar-refractivity contribution in [3.63, 3.8) is 0 Å². The molecule has 2 nitrogen and oxygen atoms in total. The minimum absolute atomic E-state index is 0. The Morgan fingerprint density at radius 1 is 1.86 bits per heavy atom. The average Bonchev–Trinajstić information content (AvgIpc) is 1.35. The number of ether oxygens (including phenoxy) is 1. The second-order valence-electron chi connectivity index (χ2n) is 0.788. The first-order valence-electron chi connectivity index (χ1n) is 1.44. The van der Waals surface area contributed by atoms with Gasteiger partial charge in [-0.25, -0.2) is 0 Å². The first-order valence-corrected chi connectivity index (χ1v) is 1.82. The maximum Gasteiger partial charge on any atom is 0.247 e. The van der Waals surface area contributed by atoms with Crippen LogP contribution in [-0.4, -0.2) is 19.0 Å². The van der Waals surface area contributed by atoms with Gasteiger partial charge in [-0.1, -0.05) is 0 Å². The molecule has 0 saturated carbocycles. The molecule has 0 aliphatic rings. The summed E-state index contributed by atoms with van der Waals surface area (Å²) in [5.74, 6) is 0. The zero-order valence-corrected chi connectivity index (χ0v) is 5.38. The maximum atomic E-state index is 9.68. The molecule has 0 fully saturated rings. The third-order valence-electron chi connectivity index (χ3n) is 0.258. The highest BCUT2D eigenvalue weighted by Gasteiger charge is 1.87. The van der Waals surface area contributed by atoms with Crippen LogP contribution in [0.25, 0.3) is 0 Å². The highest BCUT2D eigenvalue weighted by molar-refractivity contribution is 6.63. The fraction of sp³-hybridized carbons (Fsp3) is 0.667. The molecule has 0 saturated heterocycles.